The van der Waals surface area contributed by atoms with Crippen molar-refractivity contribution in [3.05, 3.63) is 157 Å². The Balaban J connectivity index is 1.38. The van der Waals surface area contributed by atoms with Gasteiger partial charge in [-0.15, -0.1) is 0 Å². The quantitative estimate of drug-likeness (QED) is 0.184. The fourth-order valence-electron chi connectivity index (χ4n) is 6.88. The van der Waals surface area contributed by atoms with Crippen LogP contribution in [0.2, 0.25) is 0 Å². The Morgan fingerprint density at radius 2 is 0.977 bits per heavy atom. The summed E-state index contributed by atoms with van der Waals surface area (Å²) in [6.07, 6.45) is 2.97. The highest BCUT2D eigenvalue weighted by molar-refractivity contribution is 6.10. The third-order valence-electron chi connectivity index (χ3n) is 8.93. The molecule has 0 saturated carbocycles. The van der Waals surface area contributed by atoms with Gasteiger partial charge >= 0.3 is 0 Å². The van der Waals surface area contributed by atoms with Crippen LogP contribution in [0.1, 0.15) is 42.3 Å². The number of nitrogens with zero attached hydrogens (tertiary/aromatic N) is 2. The number of aryl methyl sites for hydroxylation is 1. The smallest absolute Gasteiger partial charge is 0.0623 e. The van der Waals surface area contributed by atoms with Crippen LogP contribution < -0.4 is 0 Å². The van der Waals surface area contributed by atoms with Crippen molar-refractivity contribution >= 4 is 43.6 Å². The van der Waals surface area contributed by atoms with Crippen LogP contribution in [0, 0.1) is 0 Å². The van der Waals surface area contributed by atoms with E-state index >= 15 is 0 Å². The zero-order valence-electron chi connectivity index (χ0n) is 28.1. The van der Waals surface area contributed by atoms with Crippen LogP contribution in [0.5, 0.6) is 0 Å². The molecule has 2 heterocycles. The third-order valence-corrected chi connectivity index (χ3v) is 8.93. The topological polar surface area (TPSA) is 9.86 Å². The lowest BCUT2D eigenvalue weighted by Gasteiger charge is -2.18. The molecule has 2 nitrogen and oxygen atoms in total. The number of hydrogen-bond donors (Lipinski definition) is 0. The van der Waals surface area contributed by atoms with Gasteiger partial charge in [-0.25, -0.2) is 0 Å². The van der Waals surface area contributed by atoms with Gasteiger partial charge in [0.15, 0.2) is 0 Å². The molecule has 8 rings (SSSR count). The van der Waals surface area contributed by atoms with Crippen LogP contribution in [0.4, 0.5) is 0 Å². The zero-order chi connectivity index (χ0) is 32.2. The highest BCUT2D eigenvalue weighted by Crippen LogP contribution is 2.36. The Morgan fingerprint density at radius 3 is 1.40 bits per heavy atom. The van der Waals surface area contributed by atoms with Gasteiger partial charge in [-0.05, 0) is 78.8 Å². The molecule has 208 valence electrons. The van der Waals surface area contributed by atoms with E-state index in [1.807, 2.05) is 72.8 Å². The molecular formula is C41H34N2. The molecule has 0 fully saturated rings. The Bertz CT molecular complexity index is 2190. The van der Waals surface area contributed by atoms with Gasteiger partial charge in [0.1, 0.15) is 0 Å². The molecule has 0 aliphatic carbocycles. The molecular weight excluding hydrogens is 520 g/mol. The molecule has 1 unspecified atom stereocenters. The van der Waals surface area contributed by atoms with Crippen molar-refractivity contribution in [3.63, 3.8) is 0 Å². The normalized spacial score (nSPS) is 13.8. The molecule has 43 heavy (non-hydrogen) atoms. The summed E-state index contributed by atoms with van der Waals surface area (Å²) in [4.78, 5) is 0. The van der Waals surface area contributed by atoms with Crippen LogP contribution in [0.3, 0.4) is 0 Å². The summed E-state index contributed by atoms with van der Waals surface area (Å²) in [6.45, 7) is 2.26. The number of hydrogen-bond acceptors (Lipinski definition) is 0. The van der Waals surface area contributed by atoms with Gasteiger partial charge in [-0.1, -0.05) is 110 Å². The molecule has 0 bridgehead atoms. The number of aromatic nitrogens is 2. The predicted octanol–water partition coefficient (Wildman–Crippen LogP) is 11.0. The fourth-order valence-corrected chi connectivity index (χ4v) is 6.88. The van der Waals surface area contributed by atoms with Crippen LogP contribution in [0.25, 0.3) is 55.0 Å². The van der Waals surface area contributed by atoms with Crippen molar-refractivity contribution < 1.29 is 5.48 Å². The standard InChI is InChI=1S/C41H34N2/c1-2-30(31-14-4-3-5-15-31)25-24-29-26-32(42-38-20-10-6-16-34(38)35-17-7-11-21-39(35)42)28-33(27-29)43-40-22-12-8-18-36(40)37-19-9-13-23-41(37)43/h3-23,26-28,30H,2,24-25H2,1H3/i6D,7D,8D,9D. The van der Waals surface area contributed by atoms with Gasteiger partial charge in [0, 0.05) is 32.9 Å². The van der Waals surface area contributed by atoms with Crippen molar-refractivity contribution in [1.82, 2.24) is 9.13 Å². The first-order valence-corrected chi connectivity index (χ1v) is 15.1. The molecule has 0 aliphatic heterocycles. The fraction of sp³-hybridized carbons (Fsp3) is 0.122. The molecule has 0 saturated heterocycles. The lowest BCUT2D eigenvalue weighted by Crippen LogP contribution is -2.03. The second-order valence-corrected chi connectivity index (χ2v) is 11.4. The molecule has 1 atom stereocenters. The van der Waals surface area contributed by atoms with E-state index in [0.717, 1.165) is 74.2 Å². The number of fused-ring (bicyclic) bond motifs is 6. The molecule has 2 aromatic heterocycles. The van der Waals surface area contributed by atoms with Gasteiger partial charge in [-0.3, -0.25) is 0 Å². The van der Waals surface area contributed by atoms with Gasteiger partial charge in [0.25, 0.3) is 0 Å². The van der Waals surface area contributed by atoms with E-state index < -0.39 is 0 Å². The van der Waals surface area contributed by atoms with Crippen molar-refractivity contribution in [1.29, 1.82) is 0 Å². The number of rotatable bonds is 7. The summed E-state index contributed by atoms with van der Waals surface area (Å²) in [5, 5.41) is 3.86. The van der Waals surface area contributed by atoms with Crippen molar-refractivity contribution in [2.45, 2.75) is 32.1 Å². The maximum absolute atomic E-state index is 8.36. The molecule has 0 amide bonds. The molecule has 6 aromatic carbocycles. The summed E-state index contributed by atoms with van der Waals surface area (Å²) < 4.78 is 38.0. The lowest BCUT2D eigenvalue weighted by molar-refractivity contribution is 0.606. The minimum absolute atomic E-state index is 0.445. The Labute approximate surface area is 258 Å². The van der Waals surface area contributed by atoms with Crippen molar-refractivity contribution in [3.8, 4) is 11.4 Å². The molecule has 0 aliphatic rings. The SMILES string of the molecule is [2H]c1ccc2c(c1)c1cc([2H])ccc1n2-c1cc(CCC(CC)c2ccccc2)cc(-n2c3ccc([2H])cc3c3cc([2H])ccc32)c1. The summed E-state index contributed by atoms with van der Waals surface area (Å²) in [5.41, 5.74) is 8.63. The van der Waals surface area contributed by atoms with E-state index in [1.54, 1.807) is 0 Å². The first kappa shape index (κ1) is 21.6. The van der Waals surface area contributed by atoms with E-state index in [2.05, 4.69) is 64.6 Å². The van der Waals surface area contributed by atoms with Crippen LogP contribution in [0.15, 0.2) is 145 Å². The summed E-state index contributed by atoms with van der Waals surface area (Å²) in [5.74, 6) is 0.446. The minimum atomic E-state index is 0.445. The maximum atomic E-state index is 8.36. The molecule has 0 N–H and O–H groups in total. The monoisotopic (exact) mass is 558 g/mol. The average molecular weight is 559 g/mol. The van der Waals surface area contributed by atoms with E-state index in [1.165, 1.54) is 11.1 Å². The molecule has 0 spiro atoms. The second kappa shape index (κ2) is 10.6. The van der Waals surface area contributed by atoms with E-state index in [9.17, 15) is 0 Å². The first-order valence-electron chi connectivity index (χ1n) is 17.1. The van der Waals surface area contributed by atoms with E-state index in [0.29, 0.717) is 30.1 Å². The van der Waals surface area contributed by atoms with Gasteiger partial charge in [0.05, 0.1) is 27.5 Å². The average Bonchev–Trinajstić information content (AvgIpc) is 3.56. The number of benzene rings is 6. The van der Waals surface area contributed by atoms with Crippen molar-refractivity contribution in [2.75, 3.05) is 0 Å². The van der Waals surface area contributed by atoms with Gasteiger partial charge < -0.3 is 9.13 Å². The molecule has 2 heteroatoms. The first-order chi connectivity index (χ1) is 22.9. The summed E-state index contributed by atoms with van der Waals surface area (Å²) >= 11 is 0. The van der Waals surface area contributed by atoms with Gasteiger partial charge in [-0.2, -0.15) is 0 Å². The van der Waals surface area contributed by atoms with Crippen molar-refractivity contribution in [2.24, 2.45) is 0 Å². The minimum Gasteiger partial charge on any atom is -0.309 e. The van der Waals surface area contributed by atoms with E-state index in [4.69, 9.17) is 5.48 Å². The zero-order valence-corrected chi connectivity index (χ0v) is 24.1. The summed E-state index contributed by atoms with van der Waals surface area (Å²) in [6, 6.07) is 42.4. The highest BCUT2D eigenvalue weighted by atomic mass is 15.0. The Hall–Kier alpha value is -5.08. The third kappa shape index (κ3) is 4.33. The van der Waals surface area contributed by atoms with Crippen LogP contribution in [-0.4, -0.2) is 9.13 Å². The number of para-hydroxylation sites is 4. The Kier molecular flexibility index (Phi) is 5.34. The van der Waals surface area contributed by atoms with Crippen LogP contribution >= 0.6 is 0 Å². The highest BCUT2D eigenvalue weighted by Gasteiger charge is 2.17. The maximum Gasteiger partial charge on any atom is 0.0623 e. The molecule has 8 aromatic rings. The summed E-state index contributed by atoms with van der Waals surface area (Å²) in [7, 11) is 0. The van der Waals surface area contributed by atoms with Crippen LogP contribution in [-0.2, 0) is 6.42 Å². The molecule has 0 radical (unpaired) electrons. The van der Waals surface area contributed by atoms with Gasteiger partial charge in [0.2, 0.25) is 0 Å². The second-order valence-electron chi connectivity index (χ2n) is 11.4. The predicted molar refractivity (Wildman–Crippen MR) is 183 cm³/mol. The lowest BCUT2D eigenvalue weighted by atomic mass is 9.90. The Morgan fingerprint density at radius 1 is 0.535 bits per heavy atom. The largest absolute Gasteiger partial charge is 0.309 e. The van der Waals surface area contributed by atoms with E-state index in [-0.39, 0.29) is 0 Å².